The maximum atomic E-state index is 11.8. The Morgan fingerprint density at radius 2 is 2.33 bits per heavy atom. The normalized spacial score (nSPS) is 15.7. The predicted molar refractivity (Wildman–Crippen MR) is 78.1 cm³/mol. The Kier molecular flexibility index (Phi) is 5.60. The van der Waals surface area contributed by atoms with E-state index in [0.717, 1.165) is 18.0 Å². The van der Waals surface area contributed by atoms with Gasteiger partial charge in [-0.2, -0.15) is 0 Å². The smallest absolute Gasteiger partial charge is 0.303 e. The monoisotopic (exact) mass is 312 g/mol. The van der Waals surface area contributed by atoms with Crippen LogP contribution in [0.25, 0.3) is 0 Å². The number of carboxylic acid groups (broad SMARTS) is 1. The second-order valence-corrected chi connectivity index (χ2v) is 6.32. The van der Waals surface area contributed by atoms with Crippen molar-refractivity contribution in [3.63, 3.8) is 0 Å². The first kappa shape index (κ1) is 15.8. The zero-order valence-corrected chi connectivity index (χ0v) is 12.8. The van der Waals surface area contributed by atoms with Crippen molar-refractivity contribution >= 4 is 23.6 Å². The van der Waals surface area contributed by atoms with E-state index in [0.29, 0.717) is 24.8 Å². The molecule has 8 heteroatoms. The summed E-state index contributed by atoms with van der Waals surface area (Å²) < 4.78 is 2.02. The minimum atomic E-state index is -0.803. The Morgan fingerprint density at radius 3 is 3.00 bits per heavy atom. The Balaban J connectivity index is 1.65. The molecule has 21 heavy (non-hydrogen) atoms. The number of hydrogen-bond donors (Lipinski definition) is 2. The van der Waals surface area contributed by atoms with Crippen molar-refractivity contribution in [2.24, 2.45) is 5.92 Å². The SMILES string of the molecule is CC(CCC(=O)O)CNC(=O)CSc1nncn1C1CC1. The topological polar surface area (TPSA) is 97.1 Å². The van der Waals surface area contributed by atoms with Gasteiger partial charge in [-0.1, -0.05) is 18.7 Å². The van der Waals surface area contributed by atoms with Crippen LogP contribution in [0.4, 0.5) is 0 Å². The Morgan fingerprint density at radius 1 is 1.57 bits per heavy atom. The van der Waals surface area contributed by atoms with Crippen LogP contribution >= 0.6 is 11.8 Å². The van der Waals surface area contributed by atoms with Gasteiger partial charge in [0, 0.05) is 19.0 Å². The summed E-state index contributed by atoms with van der Waals surface area (Å²) in [4.78, 5) is 22.2. The van der Waals surface area contributed by atoms with Gasteiger partial charge in [-0.25, -0.2) is 0 Å². The number of aromatic nitrogens is 3. The summed E-state index contributed by atoms with van der Waals surface area (Å²) in [7, 11) is 0. The number of hydrogen-bond acceptors (Lipinski definition) is 5. The van der Waals surface area contributed by atoms with E-state index < -0.39 is 5.97 Å². The summed E-state index contributed by atoms with van der Waals surface area (Å²) in [5, 5.41) is 20.1. The van der Waals surface area contributed by atoms with Crippen molar-refractivity contribution in [3.05, 3.63) is 6.33 Å². The van der Waals surface area contributed by atoms with Gasteiger partial charge >= 0.3 is 5.97 Å². The zero-order chi connectivity index (χ0) is 15.2. The van der Waals surface area contributed by atoms with Crippen LogP contribution in [0, 0.1) is 5.92 Å². The van der Waals surface area contributed by atoms with Crippen molar-refractivity contribution in [1.29, 1.82) is 0 Å². The molecule has 1 unspecified atom stereocenters. The molecule has 0 aromatic carbocycles. The van der Waals surface area contributed by atoms with Crippen LogP contribution in [0.5, 0.6) is 0 Å². The lowest BCUT2D eigenvalue weighted by Gasteiger charge is -2.11. The highest BCUT2D eigenvalue weighted by Crippen LogP contribution is 2.37. The van der Waals surface area contributed by atoms with Gasteiger partial charge in [0.2, 0.25) is 5.91 Å². The fraction of sp³-hybridized carbons (Fsp3) is 0.692. The molecule has 1 amide bonds. The molecule has 0 bridgehead atoms. The molecule has 1 aliphatic carbocycles. The molecule has 0 radical (unpaired) electrons. The number of thioether (sulfide) groups is 1. The Labute approximate surface area is 127 Å². The van der Waals surface area contributed by atoms with Crippen molar-refractivity contribution in [3.8, 4) is 0 Å². The van der Waals surface area contributed by atoms with Crippen LogP contribution in [0.1, 0.15) is 38.6 Å². The molecular formula is C13H20N4O3S. The van der Waals surface area contributed by atoms with Crippen molar-refractivity contribution in [2.75, 3.05) is 12.3 Å². The van der Waals surface area contributed by atoms with Crippen LogP contribution in [0.15, 0.2) is 11.5 Å². The van der Waals surface area contributed by atoms with Gasteiger partial charge in [0.15, 0.2) is 5.16 Å². The van der Waals surface area contributed by atoms with Crippen LogP contribution in [0.2, 0.25) is 0 Å². The molecule has 1 aromatic heterocycles. The van der Waals surface area contributed by atoms with Gasteiger partial charge < -0.3 is 15.0 Å². The van der Waals surface area contributed by atoms with E-state index in [1.807, 2.05) is 11.5 Å². The third-order valence-corrected chi connectivity index (χ3v) is 4.27. The van der Waals surface area contributed by atoms with Gasteiger partial charge in [-0.3, -0.25) is 9.59 Å². The largest absolute Gasteiger partial charge is 0.481 e. The maximum absolute atomic E-state index is 11.8. The van der Waals surface area contributed by atoms with Gasteiger partial charge in [-0.15, -0.1) is 10.2 Å². The number of nitrogens with one attached hydrogen (secondary N) is 1. The minimum Gasteiger partial charge on any atom is -0.481 e. The number of carboxylic acids is 1. The third kappa shape index (κ3) is 5.37. The number of carbonyl (C=O) groups excluding carboxylic acids is 1. The van der Waals surface area contributed by atoms with Crippen LogP contribution in [-0.4, -0.2) is 44.0 Å². The van der Waals surface area contributed by atoms with Gasteiger partial charge in [0.1, 0.15) is 6.33 Å². The first-order valence-corrected chi connectivity index (χ1v) is 8.05. The number of nitrogens with zero attached hydrogens (tertiary/aromatic N) is 3. The van der Waals surface area contributed by atoms with Gasteiger partial charge in [-0.05, 0) is 25.2 Å². The maximum Gasteiger partial charge on any atom is 0.303 e. The molecule has 1 aromatic rings. The van der Waals surface area contributed by atoms with E-state index in [1.54, 1.807) is 6.33 Å². The second kappa shape index (κ2) is 7.44. The number of amides is 1. The first-order valence-electron chi connectivity index (χ1n) is 7.07. The van der Waals surface area contributed by atoms with Crippen molar-refractivity contribution < 1.29 is 14.7 Å². The molecule has 2 N–H and O–H groups in total. The average Bonchev–Trinajstić information content (AvgIpc) is 3.19. The quantitative estimate of drug-likeness (QED) is 0.668. The summed E-state index contributed by atoms with van der Waals surface area (Å²) in [5.41, 5.74) is 0. The van der Waals surface area contributed by atoms with E-state index in [9.17, 15) is 9.59 Å². The van der Waals surface area contributed by atoms with E-state index in [1.165, 1.54) is 11.8 Å². The fourth-order valence-corrected chi connectivity index (χ4v) is 2.69. The molecule has 1 heterocycles. The summed E-state index contributed by atoms with van der Waals surface area (Å²) in [5.74, 6) is -0.405. The van der Waals surface area contributed by atoms with E-state index in [-0.39, 0.29) is 18.2 Å². The summed E-state index contributed by atoms with van der Waals surface area (Å²) in [6, 6.07) is 0.501. The molecule has 1 saturated carbocycles. The molecule has 2 rings (SSSR count). The zero-order valence-electron chi connectivity index (χ0n) is 12.0. The van der Waals surface area contributed by atoms with E-state index in [4.69, 9.17) is 5.11 Å². The molecular weight excluding hydrogens is 292 g/mol. The molecule has 1 atom stereocenters. The highest BCUT2D eigenvalue weighted by Gasteiger charge is 2.26. The van der Waals surface area contributed by atoms with Gasteiger partial charge in [0.05, 0.1) is 5.75 Å². The Hall–Kier alpha value is -1.57. The molecule has 1 aliphatic rings. The second-order valence-electron chi connectivity index (χ2n) is 5.38. The van der Waals surface area contributed by atoms with Crippen molar-refractivity contribution in [2.45, 2.75) is 43.8 Å². The summed E-state index contributed by atoms with van der Waals surface area (Å²) >= 11 is 1.38. The molecule has 0 aliphatic heterocycles. The number of aliphatic carboxylic acids is 1. The van der Waals surface area contributed by atoms with E-state index in [2.05, 4.69) is 15.5 Å². The van der Waals surface area contributed by atoms with E-state index >= 15 is 0 Å². The lowest BCUT2D eigenvalue weighted by Crippen LogP contribution is -2.30. The summed E-state index contributed by atoms with van der Waals surface area (Å²) in [6.07, 6.45) is 4.72. The average molecular weight is 312 g/mol. The number of rotatable bonds is 9. The lowest BCUT2D eigenvalue weighted by atomic mass is 10.1. The lowest BCUT2D eigenvalue weighted by molar-refractivity contribution is -0.137. The fourth-order valence-electron chi connectivity index (χ4n) is 1.88. The number of carbonyl (C=O) groups is 2. The highest BCUT2D eigenvalue weighted by atomic mass is 32.2. The minimum absolute atomic E-state index is 0.0625. The molecule has 116 valence electrons. The van der Waals surface area contributed by atoms with Crippen molar-refractivity contribution in [1.82, 2.24) is 20.1 Å². The van der Waals surface area contributed by atoms with Crippen LogP contribution < -0.4 is 5.32 Å². The highest BCUT2D eigenvalue weighted by molar-refractivity contribution is 7.99. The third-order valence-electron chi connectivity index (χ3n) is 3.31. The molecule has 0 saturated heterocycles. The predicted octanol–water partition coefficient (Wildman–Crippen LogP) is 1.32. The van der Waals surface area contributed by atoms with Crippen LogP contribution in [0.3, 0.4) is 0 Å². The molecule has 0 spiro atoms. The van der Waals surface area contributed by atoms with Gasteiger partial charge in [0.25, 0.3) is 0 Å². The standard InChI is InChI=1S/C13H20N4O3S/c1-9(2-5-12(19)20)6-14-11(18)7-21-13-16-15-8-17(13)10-3-4-10/h8-10H,2-7H2,1H3,(H,14,18)(H,19,20). The first-order chi connectivity index (χ1) is 10.1. The summed E-state index contributed by atoms with van der Waals surface area (Å²) in [6.45, 7) is 2.43. The molecule has 1 fully saturated rings. The molecule has 7 nitrogen and oxygen atoms in total. The Bertz CT molecular complexity index is 501. The van der Waals surface area contributed by atoms with Crippen LogP contribution in [-0.2, 0) is 9.59 Å².